The van der Waals surface area contributed by atoms with E-state index in [9.17, 15) is 13.2 Å². The van der Waals surface area contributed by atoms with Crippen molar-refractivity contribution in [1.82, 2.24) is 29.3 Å². The quantitative estimate of drug-likeness (QED) is 0.684. The lowest BCUT2D eigenvalue weighted by atomic mass is 10.2. The molecule has 0 aliphatic carbocycles. The summed E-state index contributed by atoms with van der Waals surface area (Å²) in [5, 5.41) is 8.15. The van der Waals surface area contributed by atoms with Crippen LogP contribution in [0.1, 0.15) is 5.82 Å². The summed E-state index contributed by atoms with van der Waals surface area (Å²) in [6.45, 7) is 1.79. The average Bonchev–Trinajstić information content (AvgIpc) is 2.90. The molecule has 1 N–H and O–H groups in total. The van der Waals surface area contributed by atoms with Crippen LogP contribution < -0.4 is 10.3 Å². The van der Waals surface area contributed by atoms with Gasteiger partial charge in [-0.25, -0.2) is 22.8 Å². The van der Waals surface area contributed by atoms with Crippen molar-refractivity contribution in [3.8, 4) is 0 Å². The minimum Gasteiger partial charge on any atom is -0.337 e. The maximum atomic E-state index is 12.3. The molecular weight excluding hydrogens is 332 g/mol. The van der Waals surface area contributed by atoms with Gasteiger partial charge < -0.3 is 4.57 Å². The van der Waals surface area contributed by atoms with Crippen molar-refractivity contribution < 1.29 is 8.42 Å². The zero-order valence-corrected chi connectivity index (χ0v) is 14.0. The Morgan fingerprint density at radius 3 is 2.71 bits per heavy atom. The Balaban J connectivity index is 1.75. The highest BCUT2D eigenvalue weighted by molar-refractivity contribution is 7.89. The van der Waals surface area contributed by atoms with E-state index in [1.54, 1.807) is 42.8 Å². The molecule has 1 aromatic carbocycles. The number of nitrogens with zero attached hydrogens (tertiary/aromatic N) is 5. The van der Waals surface area contributed by atoms with Gasteiger partial charge in [0.2, 0.25) is 0 Å². The van der Waals surface area contributed by atoms with Gasteiger partial charge in [0.25, 0.3) is 15.6 Å². The third kappa shape index (κ3) is 3.05. The molecule has 0 bridgehead atoms. The van der Waals surface area contributed by atoms with Crippen LogP contribution >= 0.6 is 0 Å². The van der Waals surface area contributed by atoms with Crippen LogP contribution in [0.5, 0.6) is 0 Å². The highest BCUT2D eigenvalue weighted by atomic mass is 32.2. The van der Waals surface area contributed by atoms with Gasteiger partial charge in [0, 0.05) is 19.8 Å². The zero-order chi connectivity index (χ0) is 17.3. The van der Waals surface area contributed by atoms with E-state index in [0.29, 0.717) is 16.7 Å². The first-order valence-electron chi connectivity index (χ1n) is 7.20. The van der Waals surface area contributed by atoms with E-state index in [2.05, 4.69) is 20.0 Å². The molecule has 0 aliphatic heterocycles. The molecule has 3 aromatic rings. The van der Waals surface area contributed by atoms with E-state index in [1.807, 2.05) is 0 Å². The molecule has 0 spiro atoms. The zero-order valence-electron chi connectivity index (χ0n) is 13.2. The summed E-state index contributed by atoms with van der Waals surface area (Å²) in [4.78, 5) is 16.3. The maximum Gasteiger partial charge on any atom is 0.277 e. The van der Waals surface area contributed by atoms with Gasteiger partial charge in [-0.2, -0.15) is 0 Å². The number of fused-ring (bicyclic) bond motifs is 1. The van der Waals surface area contributed by atoms with Crippen LogP contribution in [0.2, 0.25) is 0 Å². The van der Waals surface area contributed by atoms with Crippen molar-refractivity contribution >= 4 is 20.9 Å². The summed E-state index contributed by atoms with van der Waals surface area (Å²) >= 11 is 0. The second-order valence-corrected chi connectivity index (χ2v) is 6.98. The molecule has 2 heterocycles. The molecule has 0 amide bonds. The van der Waals surface area contributed by atoms with E-state index in [1.165, 1.54) is 6.20 Å². The molecule has 0 saturated heterocycles. The summed E-state index contributed by atoms with van der Waals surface area (Å²) in [6.07, 6.45) is 1.43. The lowest BCUT2D eigenvalue weighted by Crippen LogP contribution is -2.32. The number of aromatic nitrogens is 5. The molecule has 0 radical (unpaired) electrons. The smallest absolute Gasteiger partial charge is 0.277 e. The van der Waals surface area contributed by atoms with Crippen LogP contribution in [0.3, 0.4) is 0 Å². The Kier molecular flexibility index (Phi) is 4.16. The Labute approximate surface area is 138 Å². The first-order chi connectivity index (χ1) is 11.4. The first-order valence-corrected chi connectivity index (χ1v) is 8.69. The number of aryl methyl sites for hydroxylation is 2. The molecule has 0 unspecified atom stereocenters. The molecule has 0 fully saturated rings. The number of hydrogen-bond acceptors (Lipinski definition) is 6. The number of imidazole rings is 1. The SMILES string of the molecule is Cc1nc(S(=O)(=O)NCCn2nnc3ccccc3c2=O)cn1C. The predicted molar refractivity (Wildman–Crippen MR) is 86.9 cm³/mol. The summed E-state index contributed by atoms with van der Waals surface area (Å²) < 4.78 is 29.5. The van der Waals surface area contributed by atoms with E-state index < -0.39 is 10.0 Å². The van der Waals surface area contributed by atoms with Crippen molar-refractivity contribution in [3.05, 3.63) is 46.6 Å². The van der Waals surface area contributed by atoms with Crippen LogP contribution in [0.25, 0.3) is 10.9 Å². The normalized spacial score (nSPS) is 11.9. The number of benzene rings is 1. The van der Waals surface area contributed by atoms with Crippen LogP contribution in [0, 0.1) is 6.92 Å². The van der Waals surface area contributed by atoms with Crippen molar-refractivity contribution in [1.29, 1.82) is 0 Å². The first kappa shape index (κ1) is 16.3. The second-order valence-electron chi connectivity index (χ2n) is 5.27. The Morgan fingerprint density at radius 1 is 1.25 bits per heavy atom. The van der Waals surface area contributed by atoms with Gasteiger partial charge in [0.15, 0.2) is 5.03 Å². The van der Waals surface area contributed by atoms with Crippen LogP contribution in [-0.4, -0.2) is 39.5 Å². The van der Waals surface area contributed by atoms with Gasteiger partial charge in [0.1, 0.15) is 11.3 Å². The monoisotopic (exact) mass is 348 g/mol. The summed E-state index contributed by atoms with van der Waals surface area (Å²) in [5.74, 6) is 0.590. The van der Waals surface area contributed by atoms with Crippen molar-refractivity contribution in [2.75, 3.05) is 6.54 Å². The van der Waals surface area contributed by atoms with Gasteiger partial charge in [-0.1, -0.05) is 17.3 Å². The Morgan fingerprint density at radius 2 is 2.00 bits per heavy atom. The van der Waals surface area contributed by atoms with Gasteiger partial charge in [-0.3, -0.25) is 4.79 Å². The fraction of sp³-hybridized carbons (Fsp3) is 0.286. The van der Waals surface area contributed by atoms with Gasteiger partial charge in [-0.15, -0.1) is 5.10 Å². The third-order valence-electron chi connectivity index (χ3n) is 3.61. The molecule has 10 heteroatoms. The van der Waals surface area contributed by atoms with Crippen molar-refractivity contribution in [2.24, 2.45) is 7.05 Å². The standard InChI is InChI=1S/C14H16N6O3S/c1-10-16-13(9-19(10)2)24(22,23)15-7-8-20-14(21)11-5-3-4-6-12(11)17-18-20/h3-6,9,15H,7-8H2,1-2H3. The maximum absolute atomic E-state index is 12.3. The summed E-state index contributed by atoms with van der Waals surface area (Å²) in [7, 11) is -2.02. The van der Waals surface area contributed by atoms with Crippen molar-refractivity contribution in [3.63, 3.8) is 0 Å². The molecule has 0 aliphatic rings. The molecule has 24 heavy (non-hydrogen) atoms. The van der Waals surface area contributed by atoms with Crippen molar-refractivity contribution in [2.45, 2.75) is 18.5 Å². The van der Waals surface area contributed by atoms with Crippen LogP contribution in [0.4, 0.5) is 0 Å². The van der Waals surface area contributed by atoms with E-state index in [0.717, 1.165) is 4.68 Å². The minimum atomic E-state index is -3.73. The van der Waals surface area contributed by atoms with Gasteiger partial charge >= 0.3 is 0 Å². The predicted octanol–water partition coefficient (Wildman–Crippen LogP) is -0.188. The number of nitrogens with one attached hydrogen (secondary N) is 1. The number of sulfonamides is 1. The molecule has 3 rings (SSSR count). The second kappa shape index (κ2) is 6.13. The third-order valence-corrected chi connectivity index (χ3v) is 4.94. The lowest BCUT2D eigenvalue weighted by molar-refractivity contribution is 0.530. The topological polar surface area (TPSA) is 112 Å². The average molecular weight is 348 g/mol. The molecule has 9 nitrogen and oxygen atoms in total. The highest BCUT2D eigenvalue weighted by Gasteiger charge is 2.18. The van der Waals surface area contributed by atoms with Crippen LogP contribution in [0.15, 0.2) is 40.3 Å². The Bertz CT molecular complexity index is 1030. The van der Waals surface area contributed by atoms with E-state index >= 15 is 0 Å². The summed E-state index contributed by atoms with van der Waals surface area (Å²) in [5.41, 5.74) is 0.191. The number of rotatable bonds is 5. The summed E-state index contributed by atoms with van der Waals surface area (Å²) in [6, 6.07) is 6.86. The molecule has 2 aromatic heterocycles. The molecule has 126 valence electrons. The fourth-order valence-electron chi connectivity index (χ4n) is 2.19. The minimum absolute atomic E-state index is 0.00484. The highest BCUT2D eigenvalue weighted by Crippen LogP contribution is 2.07. The Hall–Kier alpha value is -2.59. The van der Waals surface area contributed by atoms with Crippen LogP contribution in [-0.2, 0) is 23.6 Å². The van der Waals surface area contributed by atoms with Gasteiger partial charge in [-0.05, 0) is 19.1 Å². The molecular formula is C14H16N6O3S. The number of hydrogen-bond donors (Lipinski definition) is 1. The van der Waals surface area contributed by atoms with E-state index in [-0.39, 0.29) is 23.7 Å². The van der Waals surface area contributed by atoms with E-state index in [4.69, 9.17) is 0 Å². The largest absolute Gasteiger partial charge is 0.337 e. The lowest BCUT2D eigenvalue weighted by Gasteiger charge is -2.06. The molecule has 0 saturated carbocycles. The fourth-order valence-corrected chi connectivity index (χ4v) is 3.24. The molecule has 0 atom stereocenters. The van der Waals surface area contributed by atoms with Gasteiger partial charge in [0.05, 0.1) is 11.9 Å².